The number of amides is 1. The number of nitrogens with one attached hydrogen (secondary N) is 1. The number of hydrogen-bond donors (Lipinski definition) is 1. The normalized spacial score (nSPS) is 10.8. The van der Waals surface area contributed by atoms with E-state index in [1.165, 1.54) is 0 Å². The van der Waals surface area contributed by atoms with Gasteiger partial charge in [0.15, 0.2) is 11.5 Å². The zero-order valence-electron chi connectivity index (χ0n) is 18.7. The molecule has 1 aromatic heterocycles. The van der Waals surface area contributed by atoms with Gasteiger partial charge in [0.2, 0.25) is 0 Å². The number of hydrogen-bond acceptors (Lipinski definition) is 5. The molecule has 6 nitrogen and oxygen atoms in total. The van der Waals surface area contributed by atoms with Crippen LogP contribution in [-0.2, 0) is 0 Å². The predicted octanol–water partition coefficient (Wildman–Crippen LogP) is 6.45. The Morgan fingerprint density at radius 2 is 1.56 bits per heavy atom. The fourth-order valence-electron chi connectivity index (χ4n) is 3.88. The molecule has 0 aliphatic carbocycles. The molecule has 0 fully saturated rings. The van der Waals surface area contributed by atoms with Gasteiger partial charge in [-0.1, -0.05) is 30.3 Å². The van der Waals surface area contributed by atoms with E-state index in [0.717, 1.165) is 27.4 Å². The minimum absolute atomic E-state index is 0.152. The van der Waals surface area contributed by atoms with Gasteiger partial charge in [-0.2, -0.15) is 0 Å². The van der Waals surface area contributed by atoms with Crippen molar-refractivity contribution in [3.8, 4) is 23.0 Å². The Bertz CT molecular complexity index is 1500. The summed E-state index contributed by atoms with van der Waals surface area (Å²) in [5.74, 6) is 2.38. The monoisotopic (exact) mass is 450 g/mol. The lowest BCUT2D eigenvalue weighted by Gasteiger charge is -2.13. The fourth-order valence-corrected chi connectivity index (χ4v) is 3.88. The van der Waals surface area contributed by atoms with Crippen LogP contribution in [0.4, 0.5) is 5.69 Å². The molecule has 1 amide bonds. The van der Waals surface area contributed by atoms with E-state index in [-0.39, 0.29) is 5.91 Å². The van der Waals surface area contributed by atoms with Gasteiger partial charge in [-0.05, 0) is 53.9 Å². The fraction of sp³-hybridized carbons (Fsp3) is 0.0714. The van der Waals surface area contributed by atoms with Gasteiger partial charge in [-0.25, -0.2) is 0 Å². The molecule has 6 heteroatoms. The van der Waals surface area contributed by atoms with Crippen LogP contribution < -0.4 is 19.5 Å². The lowest BCUT2D eigenvalue weighted by atomic mass is 10.1. The van der Waals surface area contributed by atoms with Crippen molar-refractivity contribution in [1.29, 1.82) is 0 Å². The minimum Gasteiger partial charge on any atom is -0.493 e. The average Bonchev–Trinajstić information content (AvgIpc) is 2.88. The molecular weight excluding hydrogens is 428 g/mol. The largest absolute Gasteiger partial charge is 0.493 e. The van der Waals surface area contributed by atoms with E-state index in [2.05, 4.69) is 10.3 Å². The highest BCUT2D eigenvalue weighted by molar-refractivity contribution is 6.09. The molecule has 0 saturated carbocycles. The lowest BCUT2D eigenvalue weighted by Crippen LogP contribution is -2.11. The van der Waals surface area contributed by atoms with Gasteiger partial charge in [0.25, 0.3) is 5.91 Å². The Hall–Kier alpha value is -4.58. The van der Waals surface area contributed by atoms with Crippen molar-refractivity contribution in [2.75, 3.05) is 19.5 Å². The van der Waals surface area contributed by atoms with Crippen LogP contribution in [0.5, 0.6) is 23.0 Å². The highest BCUT2D eigenvalue weighted by atomic mass is 16.5. The molecule has 0 spiro atoms. The average molecular weight is 450 g/mol. The molecule has 0 bridgehead atoms. The minimum atomic E-state index is -0.152. The van der Waals surface area contributed by atoms with Crippen LogP contribution in [0.1, 0.15) is 10.4 Å². The Kier molecular flexibility index (Phi) is 5.70. The van der Waals surface area contributed by atoms with Crippen molar-refractivity contribution in [2.24, 2.45) is 0 Å². The maximum Gasteiger partial charge on any atom is 0.255 e. The number of pyridine rings is 1. The summed E-state index contributed by atoms with van der Waals surface area (Å²) >= 11 is 0. The number of carbonyl (C=O) groups excluding carboxylic acids is 1. The Balaban J connectivity index is 1.47. The third-order valence-corrected chi connectivity index (χ3v) is 5.57. The smallest absolute Gasteiger partial charge is 0.255 e. The molecule has 0 unspecified atom stereocenters. The van der Waals surface area contributed by atoms with Gasteiger partial charge < -0.3 is 19.5 Å². The van der Waals surface area contributed by atoms with Crippen molar-refractivity contribution in [1.82, 2.24) is 4.98 Å². The van der Waals surface area contributed by atoms with Crippen LogP contribution in [0.25, 0.3) is 21.7 Å². The third kappa shape index (κ3) is 4.09. The van der Waals surface area contributed by atoms with Gasteiger partial charge in [0.1, 0.15) is 11.5 Å². The van der Waals surface area contributed by atoms with Crippen LogP contribution in [0, 0.1) is 0 Å². The molecule has 1 heterocycles. The summed E-state index contributed by atoms with van der Waals surface area (Å²) in [7, 11) is 3.19. The first-order valence-corrected chi connectivity index (χ1v) is 10.7. The molecule has 168 valence electrons. The summed E-state index contributed by atoms with van der Waals surface area (Å²) in [6.45, 7) is 0. The van der Waals surface area contributed by atoms with Crippen molar-refractivity contribution < 1.29 is 19.0 Å². The molecule has 0 aliphatic rings. The van der Waals surface area contributed by atoms with Crippen LogP contribution in [0.15, 0.2) is 91.1 Å². The van der Waals surface area contributed by atoms with E-state index in [1.807, 2.05) is 72.8 Å². The van der Waals surface area contributed by atoms with E-state index in [9.17, 15) is 4.79 Å². The van der Waals surface area contributed by atoms with Gasteiger partial charge in [-0.3, -0.25) is 9.78 Å². The first-order chi connectivity index (χ1) is 16.7. The zero-order chi connectivity index (χ0) is 23.5. The predicted molar refractivity (Wildman–Crippen MR) is 133 cm³/mol. The summed E-state index contributed by atoms with van der Waals surface area (Å²) < 4.78 is 17.1. The van der Waals surface area contributed by atoms with Crippen LogP contribution in [-0.4, -0.2) is 25.1 Å². The Morgan fingerprint density at radius 3 is 2.35 bits per heavy atom. The van der Waals surface area contributed by atoms with E-state index in [0.29, 0.717) is 28.6 Å². The maximum absolute atomic E-state index is 12.6. The summed E-state index contributed by atoms with van der Waals surface area (Å²) in [4.78, 5) is 17.1. The summed E-state index contributed by atoms with van der Waals surface area (Å²) in [5, 5.41) is 5.68. The molecule has 0 aliphatic heterocycles. The van der Waals surface area contributed by atoms with Gasteiger partial charge in [0.05, 0.1) is 19.7 Å². The van der Waals surface area contributed by atoms with E-state index >= 15 is 0 Å². The first kappa shape index (κ1) is 21.3. The molecule has 0 atom stereocenters. The second-order valence-electron chi connectivity index (χ2n) is 7.64. The number of methoxy groups -OCH3 is 2. The Morgan fingerprint density at radius 1 is 0.765 bits per heavy atom. The first-order valence-electron chi connectivity index (χ1n) is 10.7. The molecule has 4 aromatic carbocycles. The second-order valence-corrected chi connectivity index (χ2v) is 7.64. The van der Waals surface area contributed by atoms with Gasteiger partial charge in [-0.15, -0.1) is 0 Å². The van der Waals surface area contributed by atoms with Crippen molar-refractivity contribution in [3.63, 3.8) is 0 Å². The molecule has 5 aromatic rings. The van der Waals surface area contributed by atoms with Crippen molar-refractivity contribution in [3.05, 3.63) is 96.7 Å². The quantitative estimate of drug-likeness (QED) is 0.322. The second kappa shape index (κ2) is 9.11. The van der Waals surface area contributed by atoms with Crippen molar-refractivity contribution >= 4 is 33.3 Å². The summed E-state index contributed by atoms with van der Waals surface area (Å²) in [6, 6.07) is 26.2. The molecular formula is C28H22N2O4. The number of anilines is 1. The zero-order valence-corrected chi connectivity index (χ0v) is 18.7. The number of fused-ring (bicyclic) bond motifs is 2. The molecule has 1 N–H and O–H groups in total. The van der Waals surface area contributed by atoms with E-state index in [4.69, 9.17) is 14.2 Å². The molecule has 0 radical (unpaired) electrons. The molecule has 34 heavy (non-hydrogen) atoms. The van der Waals surface area contributed by atoms with Crippen molar-refractivity contribution in [2.45, 2.75) is 0 Å². The third-order valence-electron chi connectivity index (χ3n) is 5.57. The number of carbonyl (C=O) groups is 1. The van der Waals surface area contributed by atoms with Gasteiger partial charge >= 0.3 is 0 Å². The highest BCUT2D eigenvalue weighted by Crippen LogP contribution is 2.37. The van der Waals surface area contributed by atoms with Crippen LogP contribution in [0.3, 0.4) is 0 Å². The SMILES string of the molecule is COc1cc2nccc(Oc3ccc4c(NC(=O)c5ccccc5)cccc4c3)c2cc1OC. The maximum atomic E-state index is 12.6. The summed E-state index contributed by atoms with van der Waals surface area (Å²) in [5.41, 5.74) is 2.09. The number of benzene rings is 4. The van der Waals surface area contributed by atoms with Crippen LogP contribution >= 0.6 is 0 Å². The van der Waals surface area contributed by atoms with Gasteiger partial charge in [0, 0.05) is 34.3 Å². The standard InChI is InChI=1S/C28H22N2O4/c1-32-26-16-22-24(17-27(26)33-2)29-14-13-25(22)34-20-11-12-21-19(15-20)9-6-10-23(21)30-28(31)18-7-4-3-5-8-18/h3-17H,1-2H3,(H,30,31). The van der Waals surface area contributed by atoms with Crippen LogP contribution in [0.2, 0.25) is 0 Å². The lowest BCUT2D eigenvalue weighted by molar-refractivity contribution is 0.102. The number of aromatic nitrogens is 1. The topological polar surface area (TPSA) is 69.7 Å². The Labute approximate surface area is 196 Å². The van der Waals surface area contributed by atoms with E-state index < -0.39 is 0 Å². The highest BCUT2D eigenvalue weighted by Gasteiger charge is 2.13. The van der Waals surface area contributed by atoms with E-state index in [1.54, 1.807) is 32.5 Å². The molecule has 0 saturated heterocycles. The number of nitrogens with zero attached hydrogens (tertiary/aromatic N) is 1. The number of ether oxygens (including phenoxy) is 3. The summed E-state index contributed by atoms with van der Waals surface area (Å²) in [6.07, 6.45) is 1.70. The molecule has 5 rings (SSSR count). The number of rotatable bonds is 6.